The maximum atomic E-state index is 8.63. The summed E-state index contributed by atoms with van der Waals surface area (Å²) < 4.78 is 65.7. The molecule has 0 heterocycles. The molecule has 0 saturated heterocycles. The Kier molecular flexibility index (Phi) is 12.9. The highest BCUT2D eigenvalue weighted by Crippen LogP contribution is 2.15. The van der Waals surface area contributed by atoms with Crippen molar-refractivity contribution >= 4 is 52.7 Å². The van der Waals surface area contributed by atoms with E-state index in [4.69, 9.17) is 57.3 Å². The van der Waals surface area contributed by atoms with Crippen LogP contribution in [-0.2, 0) is 20.8 Å². The Hall–Kier alpha value is -0.620. The van der Waals surface area contributed by atoms with E-state index in [1.54, 1.807) is 0 Å². The average Bonchev–Trinajstić information content (AvgIpc) is 1.93. The molecule has 0 radical (unpaired) electrons. The van der Waals surface area contributed by atoms with Crippen LogP contribution in [0.15, 0.2) is 0 Å². The third-order valence-electron chi connectivity index (χ3n) is 0.234. The van der Waals surface area contributed by atoms with Gasteiger partial charge in [-0.05, 0) is 0 Å². The fourth-order valence-electron chi connectivity index (χ4n) is 0.0962. The largest absolute Gasteiger partial charge is 0.726 e. The molecule has 0 bridgehead atoms. The van der Waals surface area contributed by atoms with E-state index in [0.717, 1.165) is 21.6 Å². The molecular weight excluding hydrogens is 336 g/mol. The lowest BCUT2D eigenvalue weighted by molar-refractivity contribution is -0.111. The Morgan fingerprint density at radius 3 is 1.06 bits per heavy atom. The summed E-state index contributed by atoms with van der Waals surface area (Å²) in [7, 11) is -7.55. The van der Waals surface area contributed by atoms with Crippen LogP contribution in [0.3, 0.4) is 0 Å². The average molecular weight is 346 g/mol. The molecule has 12 nitrogen and oxygen atoms in total. The molecule has 16 heteroatoms. The number of rotatable bonds is 0. The first-order chi connectivity index (χ1) is 7.63. The molecule has 0 spiro atoms. The molecule has 0 unspecified atom stereocenters. The van der Waals surface area contributed by atoms with Crippen molar-refractivity contribution in [2.24, 2.45) is 11.5 Å². The van der Waals surface area contributed by atoms with Gasteiger partial charge in [-0.2, -0.15) is 0 Å². The SMILES string of the molecule is NC(=[NH2+])SSC(N)=[NH2+].O=S(=O)([O-])O.O=S(=O)([O-])O. The molecule has 0 amide bonds. The van der Waals surface area contributed by atoms with Gasteiger partial charge < -0.3 is 9.11 Å². The zero-order valence-corrected chi connectivity index (χ0v) is 11.6. The number of hydrogen-bond donors (Lipinski definition) is 6. The lowest BCUT2D eigenvalue weighted by atomic mass is 11.4. The first-order valence-electron chi connectivity index (χ1n) is 3.09. The number of nitrogens with two attached hydrogens (primary N) is 4. The van der Waals surface area contributed by atoms with E-state index in [1.807, 2.05) is 0 Å². The summed E-state index contributed by atoms with van der Waals surface area (Å²) in [5, 5.41) is 10.6. The molecule has 10 N–H and O–H groups in total. The summed E-state index contributed by atoms with van der Waals surface area (Å²) in [5.41, 5.74) is 10.1. The summed E-state index contributed by atoms with van der Waals surface area (Å²) in [4.78, 5) is 0. The molecule has 0 fully saturated rings. The van der Waals surface area contributed by atoms with Crippen molar-refractivity contribution in [3.8, 4) is 0 Å². The lowest BCUT2D eigenvalue weighted by Gasteiger charge is -1.88. The van der Waals surface area contributed by atoms with Gasteiger partial charge in [0.15, 0.2) is 0 Å². The third-order valence-corrected chi connectivity index (χ3v) is 2.11. The van der Waals surface area contributed by atoms with Gasteiger partial charge in [0.25, 0.3) is 0 Å². The van der Waals surface area contributed by atoms with E-state index in [9.17, 15) is 0 Å². The smallest absolute Gasteiger partial charge is 0.311 e. The lowest BCUT2D eigenvalue weighted by Crippen LogP contribution is -2.45. The van der Waals surface area contributed by atoms with Crippen molar-refractivity contribution in [2.45, 2.75) is 0 Å². The Morgan fingerprint density at radius 1 is 0.889 bits per heavy atom. The second kappa shape index (κ2) is 10.3. The zero-order valence-electron chi connectivity index (χ0n) is 8.29. The Balaban J connectivity index is -0.000000197. The van der Waals surface area contributed by atoms with Gasteiger partial charge in [-0.15, -0.1) is 0 Å². The molecule has 0 aliphatic carbocycles. The van der Waals surface area contributed by atoms with Gasteiger partial charge >= 0.3 is 10.3 Å². The maximum Gasteiger partial charge on any atom is 0.311 e. The van der Waals surface area contributed by atoms with E-state index >= 15 is 0 Å². The van der Waals surface area contributed by atoms with Crippen molar-refractivity contribution < 1.29 is 45.9 Å². The predicted molar refractivity (Wildman–Crippen MR) is 62.1 cm³/mol. The van der Waals surface area contributed by atoms with E-state index in [0.29, 0.717) is 0 Å². The van der Waals surface area contributed by atoms with Gasteiger partial charge in [0.05, 0.1) is 0 Å². The molecule has 110 valence electrons. The fourth-order valence-corrected chi connectivity index (χ4v) is 0.866. The van der Waals surface area contributed by atoms with E-state index in [1.165, 1.54) is 0 Å². The molecule has 0 aliphatic heterocycles. The molecular formula is C2H10N4O8S4. The summed E-state index contributed by atoms with van der Waals surface area (Å²) >= 11 is 0. The van der Waals surface area contributed by atoms with Crippen molar-refractivity contribution in [1.29, 1.82) is 0 Å². The summed E-state index contributed by atoms with van der Waals surface area (Å²) in [5.74, 6) is 0. The Labute approximate surface area is 110 Å². The summed E-state index contributed by atoms with van der Waals surface area (Å²) in [6.45, 7) is 0. The molecule has 0 aromatic heterocycles. The van der Waals surface area contributed by atoms with E-state index in [2.05, 4.69) is 0 Å². The van der Waals surface area contributed by atoms with Gasteiger partial charge in [-0.3, -0.25) is 31.4 Å². The first-order valence-corrected chi connectivity index (χ1v) is 7.97. The van der Waals surface area contributed by atoms with Crippen LogP contribution in [0.2, 0.25) is 0 Å². The normalized spacial score (nSPS) is 10.2. The van der Waals surface area contributed by atoms with E-state index in [-0.39, 0.29) is 10.3 Å². The van der Waals surface area contributed by atoms with Crippen LogP contribution in [0.5, 0.6) is 0 Å². The van der Waals surface area contributed by atoms with Gasteiger partial charge in [0.1, 0.15) is 0 Å². The van der Waals surface area contributed by atoms with Gasteiger partial charge in [-0.25, -0.2) is 16.8 Å². The van der Waals surface area contributed by atoms with Crippen molar-refractivity contribution in [1.82, 2.24) is 0 Å². The third kappa shape index (κ3) is 166. The van der Waals surface area contributed by atoms with Crippen LogP contribution in [-0.4, -0.2) is 45.4 Å². The maximum absolute atomic E-state index is 8.63. The monoisotopic (exact) mass is 346 g/mol. The first kappa shape index (κ1) is 22.6. The van der Waals surface area contributed by atoms with Crippen molar-refractivity contribution in [3.05, 3.63) is 0 Å². The van der Waals surface area contributed by atoms with Crippen molar-refractivity contribution in [3.63, 3.8) is 0 Å². The van der Waals surface area contributed by atoms with Crippen LogP contribution in [0, 0.1) is 0 Å². The summed E-state index contributed by atoms with van der Waals surface area (Å²) in [6.07, 6.45) is 0. The molecule has 18 heavy (non-hydrogen) atoms. The molecule has 0 aromatic rings. The van der Waals surface area contributed by atoms with Crippen LogP contribution in [0.4, 0.5) is 0 Å². The molecule has 0 aromatic carbocycles. The molecule has 0 aliphatic rings. The highest BCUT2D eigenvalue weighted by atomic mass is 33.1. The minimum atomic E-state index is -4.92. The van der Waals surface area contributed by atoms with Gasteiger partial charge in [0, 0.05) is 21.6 Å². The van der Waals surface area contributed by atoms with Crippen LogP contribution < -0.4 is 22.3 Å². The van der Waals surface area contributed by atoms with Crippen LogP contribution in [0.1, 0.15) is 0 Å². The van der Waals surface area contributed by atoms with Crippen LogP contribution >= 0.6 is 21.6 Å². The molecule has 0 saturated carbocycles. The van der Waals surface area contributed by atoms with Gasteiger partial charge in [-0.1, -0.05) is 0 Å². The minimum Gasteiger partial charge on any atom is -0.726 e. The molecule has 0 atom stereocenters. The fraction of sp³-hybridized carbons (Fsp3) is 0. The van der Waals surface area contributed by atoms with E-state index < -0.39 is 20.8 Å². The predicted octanol–water partition coefficient (Wildman–Crippen LogP) is -5.48. The molecule has 0 rings (SSSR count). The highest BCUT2D eigenvalue weighted by Gasteiger charge is 2.01. The Morgan fingerprint density at radius 2 is 1.00 bits per heavy atom. The second-order valence-electron chi connectivity index (χ2n) is 1.83. The standard InChI is InChI=1S/C2H6N4S2.2H2O4S/c3-1(4)7-8-2(5)6;2*1-5(2,3)4/h(H3,3,4)(H3,5,6);2*(H2,1,2,3,4). The highest BCUT2D eigenvalue weighted by molar-refractivity contribution is 8.87. The Bertz CT molecular complexity index is 393. The second-order valence-corrected chi connectivity index (χ2v) is 5.81. The quantitative estimate of drug-likeness (QED) is 0.0788. The topological polar surface area (TPSA) is 258 Å². The van der Waals surface area contributed by atoms with Gasteiger partial charge in [0.2, 0.25) is 20.8 Å². The number of amidine groups is 2. The summed E-state index contributed by atoms with van der Waals surface area (Å²) in [6, 6.07) is 0. The zero-order chi connectivity index (χ0) is 15.6. The minimum absolute atomic E-state index is 0.253. The van der Waals surface area contributed by atoms with Crippen LogP contribution in [0.25, 0.3) is 0 Å². The number of hydrogen-bond acceptors (Lipinski definition) is 8. The van der Waals surface area contributed by atoms with Crippen molar-refractivity contribution in [2.75, 3.05) is 0 Å².